The van der Waals surface area contributed by atoms with Crippen LogP contribution in [0.4, 0.5) is 0 Å². The van der Waals surface area contributed by atoms with Gasteiger partial charge < -0.3 is 10.1 Å². The smallest absolute Gasteiger partial charge is 0.213 e. The Balaban J connectivity index is 2.59. The summed E-state index contributed by atoms with van der Waals surface area (Å²) in [5, 5.41) is 3.96. The number of rotatable bonds is 7. The third-order valence-corrected chi connectivity index (χ3v) is 2.43. The number of pyridine rings is 1. The highest BCUT2D eigenvalue weighted by Crippen LogP contribution is 2.18. The first-order valence-corrected chi connectivity index (χ1v) is 6.11. The lowest BCUT2D eigenvalue weighted by molar-refractivity contribution is 0.347. The van der Waals surface area contributed by atoms with E-state index < -0.39 is 0 Å². The number of nitrogens with one attached hydrogen (secondary N) is 1. The SMILES string of the molecule is C=CCOc1ccc(Cl)c(CNCC(C)C)n1. The minimum atomic E-state index is 0.452. The fourth-order valence-corrected chi connectivity index (χ4v) is 1.46. The van der Waals surface area contributed by atoms with Crippen molar-refractivity contribution in [2.75, 3.05) is 13.2 Å². The Morgan fingerprint density at radius 1 is 1.53 bits per heavy atom. The molecule has 0 amide bonds. The average molecular weight is 255 g/mol. The van der Waals surface area contributed by atoms with Crippen LogP contribution in [0.5, 0.6) is 5.88 Å². The Hall–Kier alpha value is -1.06. The topological polar surface area (TPSA) is 34.1 Å². The summed E-state index contributed by atoms with van der Waals surface area (Å²) in [4.78, 5) is 4.34. The van der Waals surface area contributed by atoms with Gasteiger partial charge in [0.1, 0.15) is 6.61 Å². The first-order valence-electron chi connectivity index (χ1n) is 5.73. The van der Waals surface area contributed by atoms with Gasteiger partial charge in [0.25, 0.3) is 0 Å². The third-order valence-electron chi connectivity index (χ3n) is 2.09. The molecule has 0 aliphatic heterocycles. The standard InChI is InChI=1S/C13H19ClN2O/c1-4-7-17-13-6-5-11(14)12(16-13)9-15-8-10(2)3/h4-6,10,15H,1,7-9H2,2-3H3. The van der Waals surface area contributed by atoms with Crippen molar-refractivity contribution in [2.45, 2.75) is 20.4 Å². The molecule has 94 valence electrons. The monoisotopic (exact) mass is 254 g/mol. The van der Waals surface area contributed by atoms with Crippen LogP contribution in [0.2, 0.25) is 5.02 Å². The van der Waals surface area contributed by atoms with Crippen LogP contribution in [0.25, 0.3) is 0 Å². The van der Waals surface area contributed by atoms with Gasteiger partial charge in [0.05, 0.1) is 10.7 Å². The van der Waals surface area contributed by atoms with E-state index >= 15 is 0 Å². The fraction of sp³-hybridized carbons (Fsp3) is 0.462. The van der Waals surface area contributed by atoms with Gasteiger partial charge in [-0.1, -0.05) is 38.1 Å². The van der Waals surface area contributed by atoms with Crippen LogP contribution in [0.1, 0.15) is 19.5 Å². The number of halogens is 1. The van der Waals surface area contributed by atoms with E-state index in [9.17, 15) is 0 Å². The lowest BCUT2D eigenvalue weighted by atomic mass is 10.2. The normalized spacial score (nSPS) is 10.6. The summed E-state index contributed by atoms with van der Waals surface area (Å²) >= 11 is 6.07. The lowest BCUT2D eigenvalue weighted by Crippen LogP contribution is -2.20. The van der Waals surface area contributed by atoms with E-state index in [-0.39, 0.29) is 0 Å². The van der Waals surface area contributed by atoms with E-state index in [1.807, 2.05) is 0 Å². The molecule has 0 atom stereocenters. The molecule has 0 saturated carbocycles. The summed E-state index contributed by atoms with van der Waals surface area (Å²) in [6.07, 6.45) is 1.69. The van der Waals surface area contributed by atoms with Crippen molar-refractivity contribution in [3.63, 3.8) is 0 Å². The molecule has 17 heavy (non-hydrogen) atoms. The van der Waals surface area contributed by atoms with Crippen molar-refractivity contribution >= 4 is 11.6 Å². The Morgan fingerprint density at radius 3 is 2.94 bits per heavy atom. The molecule has 0 fully saturated rings. The van der Waals surface area contributed by atoms with Crippen LogP contribution in [0.3, 0.4) is 0 Å². The predicted molar refractivity (Wildman–Crippen MR) is 71.5 cm³/mol. The Labute approximate surface area is 108 Å². The maximum atomic E-state index is 6.07. The number of hydrogen-bond acceptors (Lipinski definition) is 3. The molecule has 1 N–H and O–H groups in total. The first kappa shape index (κ1) is 14.0. The molecule has 3 nitrogen and oxygen atoms in total. The zero-order valence-corrected chi connectivity index (χ0v) is 11.1. The molecular formula is C13H19ClN2O. The van der Waals surface area contributed by atoms with Crippen molar-refractivity contribution in [1.29, 1.82) is 0 Å². The maximum absolute atomic E-state index is 6.07. The molecule has 1 aromatic heterocycles. The van der Waals surface area contributed by atoms with Crippen molar-refractivity contribution in [3.05, 3.63) is 35.5 Å². The second-order valence-corrected chi connectivity index (χ2v) is 4.61. The molecule has 0 radical (unpaired) electrons. The van der Waals surface area contributed by atoms with Gasteiger partial charge in [-0.15, -0.1) is 0 Å². The fourth-order valence-electron chi connectivity index (χ4n) is 1.29. The van der Waals surface area contributed by atoms with Gasteiger partial charge in [0.2, 0.25) is 5.88 Å². The zero-order chi connectivity index (χ0) is 12.7. The molecule has 0 aliphatic rings. The van der Waals surface area contributed by atoms with E-state index in [2.05, 4.69) is 30.7 Å². The molecule has 0 unspecified atom stereocenters. The Morgan fingerprint density at radius 2 is 2.29 bits per heavy atom. The summed E-state index contributed by atoms with van der Waals surface area (Å²) < 4.78 is 5.36. The summed E-state index contributed by atoms with van der Waals surface area (Å²) in [6, 6.07) is 3.57. The maximum Gasteiger partial charge on any atom is 0.213 e. The van der Waals surface area contributed by atoms with E-state index in [0.717, 1.165) is 12.2 Å². The Kier molecular flexibility index (Phi) is 6.01. The van der Waals surface area contributed by atoms with Gasteiger partial charge in [-0.05, 0) is 18.5 Å². The van der Waals surface area contributed by atoms with Crippen LogP contribution in [-0.2, 0) is 6.54 Å². The quantitative estimate of drug-likeness (QED) is 0.760. The van der Waals surface area contributed by atoms with Gasteiger partial charge in [-0.3, -0.25) is 0 Å². The van der Waals surface area contributed by atoms with E-state index in [1.165, 1.54) is 0 Å². The molecule has 0 bridgehead atoms. The Bertz CT molecular complexity index is 366. The molecular weight excluding hydrogens is 236 g/mol. The third kappa shape index (κ3) is 5.20. The summed E-state index contributed by atoms with van der Waals surface area (Å²) in [7, 11) is 0. The molecule has 0 saturated heterocycles. The minimum absolute atomic E-state index is 0.452. The number of nitrogens with zero attached hydrogens (tertiary/aromatic N) is 1. The van der Waals surface area contributed by atoms with Crippen molar-refractivity contribution in [1.82, 2.24) is 10.3 Å². The number of aromatic nitrogens is 1. The van der Waals surface area contributed by atoms with E-state index in [1.54, 1.807) is 18.2 Å². The first-order chi connectivity index (χ1) is 8.13. The highest BCUT2D eigenvalue weighted by Gasteiger charge is 2.04. The zero-order valence-electron chi connectivity index (χ0n) is 10.4. The lowest BCUT2D eigenvalue weighted by Gasteiger charge is -2.09. The van der Waals surface area contributed by atoms with Crippen molar-refractivity contribution in [3.8, 4) is 5.88 Å². The molecule has 1 aromatic rings. The predicted octanol–water partition coefficient (Wildman–Crippen LogP) is 3.05. The van der Waals surface area contributed by atoms with Gasteiger partial charge in [-0.25, -0.2) is 4.98 Å². The van der Waals surface area contributed by atoms with Gasteiger partial charge >= 0.3 is 0 Å². The summed E-state index contributed by atoms with van der Waals surface area (Å²) in [5.41, 5.74) is 0.814. The molecule has 1 rings (SSSR count). The van der Waals surface area contributed by atoms with Crippen LogP contribution < -0.4 is 10.1 Å². The second kappa shape index (κ2) is 7.30. The van der Waals surface area contributed by atoms with E-state index in [4.69, 9.17) is 16.3 Å². The summed E-state index contributed by atoms with van der Waals surface area (Å²) in [6.45, 7) is 9.96. The van der Waals surface area contributed by atoms with E-state index in [0.29, 0.717) is 30.0 Å². The highest BCUT2D eigenvalue weighted by molar-refractivity contribution is 6.31. The highest BCUT2D eigenvalue weighted by atomic mass is 35.5. The van der Waals surface area contributed by atoms with Gasteiger partial charge in [0.15, 0.2) is 0 Å². The average Bonchev–Trinajstić information content (AvgIpc) is 2.29. The van der Waals surface area contributed by atoms with Crippen LogP contribution >= 0.6 is 11.6 Å². The van der Waals surface area contributed by atoms with Crippen LogP contribution in [-0.4, -0.2) is 18.1 Å². The van der Waals surface area contributed by atoms with Crippen LogP contribution in [0.15, 0.2) is 24.8 Å². The van der Waals surface area contributed by atoms with Crippen molar-refractivity contribution in [2.24, 2.45) is 5.92 Å². The van der Waals surface area contributed by atoms with Crippen molar-refractivity contribution < 1.29 is 4.74 Å². The van der Waals surface area contributed by atoms with Gasteiger partial charge in [-0.2, -0.15) is 0 Å². The number of hydrogen-bond donors (Lipinski definition) is 1. The van der Waals surface area contributed by atoms with Gasteiger partial charge in [0, 0.05) is 12.6 Å². The minimum Gasteiger partial charge on any atom is -0.473 e. The molecule has 0 aromatic carbocycles. The molecule has 0 spiro atoms. The van der Waals surface area contributed by atoms with Crippen LogP contribution in [0, 0.1) is 5.92 Å². The number of ether oxygens (including phenoxy) is 1. The molecule has 1 heterocycles. The molecule has 4 heteroatoms. The summed E-state index contributed by atoms with van der Waals surface area (Å²) in [5.74, 6) is 1.18. The molecule has 0 aliphatic carbocycles. The largest absolute Gasteiger partial charge is 0.473 e. The second-order valence-electron chi connectivity index (χ2n) is 4.20.